The van der Waals surface area contributed by atoms with E-state index in [0.717, 1.165) is 9.98 Å². The smallest absolute Gasteiger partial charge is 0.439 e. The summed E-state index contributed by atoms with van der Waals surface area (Å²) in [5.41, 5.74) is 0.830. The zero-order valence-electron chi connectivity index (χ0n) is 10.6. The lowest BCUT2D eigenvalue weighted by molar-refractivity contribution is -0.0360. The third-order valence-corrected chi connectivity index (χ3v) is 3.49. The van der Waals surface area contributed by atoms with Crippen molar-refractivity contribution in [3.8, 4) is 0 Å². The van der Waals surface area contributed by atoms with Crippen molar-refractivity contribution in [3.05, 3.63) is 35.9 Å². The van der Waals surface area contributed by atoms with E-state index in [1.807, 2.05) is 37.3 Å². The summed E-state index contributed by atoms with van der Waals surface area (Å²) in [4.78, 5) is 11.8. The summed E-state index contributed by atoms with van der Waals surface area (Å²) in [6.45, 7) is 3.24. The third-order valence-electron chi connectivity index (χ3n) is 2.81. The van der Waals surface area contributed by atoms with Crippen LogP contribution in [-0.2, 0) is 22.6 Å². The van der Waals surface area contributed by atoms with Crippen LogP contribution in [0.5, 0.6) is 0 Å². The van der Waals surface area contributed by atoms with Gasteiger partial charge >= 0.3 is 6.09 Å². The van der Waals surface area contributed by atoms with E-state index in [-0.39, 0.29) is 6.61 Å². The molecule has 1 aliphatic heterocycles. The molecule has 6 nitrogen and oxygen atoms in total. The molecule has 1 heterocycles. The van der Waals surface area contributed by atoms with Gasteiger partial charge in [-0.3, -0.25) is 4.55 Å². The first-order valence-corrected chi connectivity index (χ1v) is 7.01. The monoisotopic (exact) mass is 284 g/mol. The fourth-order valence-corrected chi connectivity index (χ4v) is 2.38. The predicted octanol–water partition coefficient (Wildman–Crippen LogP) is 1.63. The van der Waals surface area contributed by atoms with E-state index < -0.39 is 17.4 Å². The topological polar surface area (TPSA) is 70.1 Å². The highest BCUT2D eigenvalue weighted by Gasteiger charge is 2.35. The first kappa shape index (κ1) is 14.0. The van der Waals surface area contributed by atoms with Gasteiger partial charge in [0, 0.05) is 13.1 Å². The quantitative estimate of drug-likeness (QED) is 0.851. The van der Waals surface area contributed by atoms with Gasteiger partial charge in [0.05, 0.1) is 0 Å². The Bertz CT molecular complexity index is 462. The van der Waals surface area contributed by atoms with Gasteiger partial charge in [0.1, 0.15) is 6.61 Å². The van der Waals surface area contributed by atoms with E-state index in [4.69, 9.17) is 9.29 Å². The maximum absolute atomic E-state index is 11.8. The largest absolute Gasteiger partial charge is 0.443 e. The number of carbonyl (C=O) groups excluding carboxylic acids is 1. The number of hydrogen-bond donors (Lipinski definition) is 1. The number of carbonyl (C=O) groups is 1. The molecule has 2 rings (SSSR count). The average Bonchev–Trinajstić information content (AvgIpc) is 2.35. The first-order chi connectivity index (χ1) is 9.08. The minimum Gasteiger partial charge on any atom is -0.443 e. The second kappa shape index (κ2) is 6.14. The van der Waals surface area contributed by atoms with E-state index in [1.165, 1.54) is 5.01 Å². The van der Waals surface area contributed by atoms with Crippen LogP contribution >= 0.6 is 0 Å². The Labute approximate surface area is 114 Å². The highest BCUT2D eigenvalue weighted by atomic mass is 32.2. The molecule has 1 aliphatic rings. The zero-order valence-corrected chi connectivity index (χ0v) is 11.4. The van der Waals surface area contributed by atoms with Crippen molar-refractivity contribution in [2.24, 2.45) is 5.92 Å². The van der Waals surface area contributed by atoms with Gasteiger partial charge < -0.3 is 4.74 Å². The Morgan fingerprint density at radius 3 is 2.63 bits per heavy atom. The van der Waals surface area contributed by atoms with Gasteiger partial charge in [0.2, 0.25) is 0 Å². The number of amides is 1. The van der Waals surface area contributed by atoms with E-state index in [1.54, 1.807) is 0 Å². The summed E-state index contributed by atoms with van der Waals surface area (Å²) in [5, 5.41) is 1.51. The van der Waals surface area contributed by atoms with Crippen molar-refractivity contribution in [2.45, 2.75) is 13.5 Å². The average molecular weight is 284 g/mol. The van der Waals surface area contributed by atoms with Crippen LogP contribution in [0.3, 0.4) is 0 Å². The summed E-state index contributed by atoms with van der Waals surface area (Å²) in [6, 6.07) is 9.17. The molecular weight excluding hydrogens is 268 g/mol. The first-order valence-electron chi connectivity index (χ1n) is 5.94. The van der Waals surface area contributed by atoms with Crippen LogP contribution in [-0.4, -0.2) is 37.4 Å². The SMILES string of the molecule is CC1CN(N(C(=O)OCc2ccccc2)S(=O)O)C1. The third kappa shape index (κ3) is 3.52. The second-order valence-corrected chi connectivity index (χ2v) is 5.33. The van der Waals surface area contributed by atoms with E-state index in [2.05, 4.69) is 0 Å². The number of ether oxygens (including phenoxy) is 1. The lowest BCUT2D eigenvalue weighted by atomic mass is 10.1. The highest BCUT2D eigenvalue weighted by Crippen LogP contribution is 2.19. The molecule has 104 valence electrons. The minimum atomic E-state index is -2.40. The molecular formula is C12H16N2O4S. The van der Waals surface area contributed by atoms with Gasteiger partial charge in [-0.1, -0.05) is 37.3 Å². The molecule has 7 heteroatoms. The normalized spacial score (nSPS) is 17.6. The van der Waals surface area contributed by atoms with Gasteiger partial charge in [-0.2, -0.15) is 0 Å². The van der Waals surface area contributed by atoms with Crippen molar-refractivity contribution in [1.82, 2.24) is 9.42 Å². The molecule has 1 N–H and O–H groups in total. The Kier molecular flexibility index (Phi) is 4.52. The molecule has 1 amide bonds. The van der Waals surface area contributed by atoms with E-state index >= 15 is 0 Å². The lowest BCUT2D eigenvalue weighted by Gasteiger charge is -2.41. The summed E-state index contributed by atoms with van der Waals surface area (Å²) in [6.07, 6.45) is -0.809. The molecule has 0 bridgehead atoms. The molecule has 0 saturated carbocycles. The molecule has 0 aliphatic carbocycles. The summed E-state index contributed by atoms with van der Waals surface area (Å²) >= 11 is -2.40. The molecule has 1 aromatic rings. The fraction of sp³-hybridized carbons (Fsp3) is 0.417. The van der Waals surface area contributed by atoms with Gasteiger partial charge in [-0.05, 0) is 11.5 Å². The molecule has 19 heavy (non-hydrogen) atoms. The number of rotatable bonds is 4. The van der Waals surface area contributed by atoms with Crippen LogP contribution in [0.2, 0.25) is 0 Å². The van der Waals surface area contributed by atoms with Crippen LogP contribution < -0.4 is 0 Å². The Morgan fingerprint density at radius 2 is 2.11 bits per heavy atom. The number of benzene rings is 1. The fourth-order valence-electron chi connectivity index (χ4n) is 1.87. The van der Waals surface area contributed by atoms with Crippen LogP contribution in [0.4, 0.5) is 4.79 Å². The van der Waals surface area contributed by atoms with Crippen molar-refractivity contribution >= 4 is 17.4 Å². The summed E-state index contributed by atoms with van der Waals surface area (Å²) in [7, 11) is 0. The minimum absolute atomic E-state index is 0.0801. The van der Waals surface area contributed by atoms with Crippen molar-refractivity contribution in [1.29, 1.82) is 0 Å². The van der Waals surface area contributed by atoms with Crippen LogP contribution in [0, 0.1) is 5.92 Å². The Hall–Kier alpha value is -1.44. The zero-order chi connectivity index (χ0) is 13.8. The predicted molar refractivity (Wildman–Crippen MR) is 70.0 cm³/mol. The second-order valence-electron chi connectivity index (χ2n) is 4.52. The molecule has 1 atom stereocenters. The van der Waals surface area contributed by atoms with Crippen LogP contribution in [0.15, 0.2) is 30.3 Å². The molecule has 1 saturated heterocycles. The van der Waals surface area contributed by atoms with Gasteiger partial charge in [0.15, 0.2) is 0 Å². The maximum Gasteiger partial charge on any atom is 0.439 e. The molecule has 1 fully saturated rings. The molecule has 1 aromatic carbocycles. The lowest BCUT2D eigenvalue weighted by Crippen LogP contribution is -2.57. The molecule has 0 radical (unpaired) electrons. The molecule has 0 spiro atoms. The van der Waals surface area contributed by atoms with Crippen molar-refractivity contribution in [2.75, 3.05) is 13.1 Å². The number of nitrogens with zero attached hydrogens (tertiary/aromatic N) is 2. The Morgan fingerprint density at radius 1 is 1.47 bits per heavy atom. The summed E-state index contributed by atoms with van der Waals surface area (Å²) in [5.74, 6) is 0.410. The van der Waals surface area contributed by atoms with Gasteiger partial charge in [-0.15, -0.1) is 4.41 Å². The number of hydrogen-bond acceptors (Lipinski definition) is 4. The van der Waals surface area contributed by atoms with Crippen molar-refractivity contribution < 1.29 is 18.3 Å². The highest BCUT2D eigenvalue weighted by molar-refractivity contribution is 7.77. The maximum atomic E-state index is 11.8. The van der Waals surface area contributed by atoms with Crippen LogP contribution in [0.25, 0.3) is 0 Å². The van der Waals surface area contributed by atoms with Gasteiger partial charge in [0.25, 0.3) is 11.3 Å². The van der Waals surface area contributed by atoms with Crippen molar-refractivity contribution in [3.63, 3.8) is 0 Å². The molecule has 1 unspecified atom stereocenters. The Balaban J connectivity index is 1.91. The van der Waals surface area contributed by atoms with Crippen LogP contribution in [0.1, 0.15) is 12.5 Å². The standard InChI is InChI=1S/C12H16N2O4S/c1-10-7-13(8-10)14(19(16)17)12(15)18-9-11-5-3-2-4-6-11/h2-6,10H,7-9H2,1H3,(H,16,17). The van der Waals surface area contributed by atoms with E-state index in [9.17, 15) is 9.00 Å². The number of hydrazine groups is 1. The van der Waals surface area contributed by atoms with Gasteiger partial charge in [-0.25, -0.2) is 14.0 Å². The van der Waals surface area contributed by atoms with E-state index in [0.29, 0.717) is 19.0 Å². The molecule has 0 aromatic heterocycles. The summed E-state index contributed by atoms with van der Waals surface area (Å²) < 4.78 is 26.1.